The number of hydrogen-bond donors (Lipinski definition) is 2. The van der Waals surface area contributed by atoms with Gasteiger partial charge in [0.05, 0.1) is 6.04 Å². The Kier molecular flexibility index (Phi) is 2.83. The minimum atomic E-state index is -0.517. The molecular weight excluding hydrogens is 202 g/mol. The van der Waals surface area contributed by atoms with Gasteiger partial charge in [-0.3, -0.25) is 9.78 Å². The van der Waals surface area contributed by atoms with Crippen molar-refractivity contribution in [2.75, 3.05) is 5.32 Å². The lowest BCUT2D eigenvalue weighted by Gasteiger charge is -2.10. The van der Waals surface area contributed by atoms with E-state index in [1.165, 1.54) is 0 Å². The van der Waals surface area contributed by atoms with Crippen molar-refractivity contribution in [3.8, 4) is 0 Å². The number of rotatable bonds is 2. The van der Waals surface area contributed by atoms with Gasteiger partial charge in [-0.25, -0.2) is 0 Å². The van der Waals surface area contributed by atoms with Gasteiger partial charge in [0, 0.05) is 28.9 Å². The minimum absolute atomic E-state index is 0.190. The molecule has 4 nitrogen and oxygen atoms in total. The zero-order valence-corrected chi connectivity index (χ0v) is 8.97. The van der Waals surface area contributed by atoms with Crippen molar-refractivity contribution in [3.63, 3.8) is 0 Å². The van der Waals surface area contributed by atoms with E-state index in [0.29, 0.717) is 0 Å². The minimum Gasteiger partial charge on any atom is -0.324 e. The number of nitrogens with two attached hydrogens (primary N) is 1. The van der Waals surface area contributed by atoms with E-state index in [4.69, 9.17) is 5.73 Å². The highest BCUT2D eigenvalue weighted by Crippen LogP contribution is 2.21. The molecule has 0 saturated carbocycles. The maximum Gasteiger partial charge on any atom is 0.241 e. The summed E-state index contributed by atoms with van der Waals surface area (Å²) in [5.41, 5.74) is 6.27. The first-order valence-electron chi connectivity index (χ1n) is 5.07. The molecule has 16 heavy (non-hydrogen) atoms. The fourth-order valence-electron chi connectivity index (χ4n) is 1.48. The van der Waals surface area contributed by atoms with Crippen LogP contribution in [0.4, 0.5) is 5.69 Å². The van der Waals surface area contributed by atoms with Crippen LogP contribution in [0.25, 0.3) is 10.8 Å². The zero-order chi connectivity index (χ0) is 11.5. The number of carbonyl (C=O) groups excluding carboxylic acids is 1. The van der Waals surface area contributed by atoms with Crippen molar-refractivity contribution < 1.29 is 4.79 Å². The van der Waals surface area contributed by atoms with Crippen LogP contribution in [0, 0.1) is 0 Å². The molecule has 0 radical (unpaired) electrons. The highest BCUT2D eigenvalue weighted by molar-refractivity contribution is 6.03. The number of nitrogens with one attached hydrogen (secondary N) is 1. The summed E-state index contributed by atoms with van der Waals surface area (Å²) < 4.78 is 0. The molecule has 3 N–H and O–H groups in total. The van der Waals surface area contributed by atoms with Crippen LogP contribution in [0.2, 0.25) is 0 Å². The van der Waals surface area contributed by atoms with Crippen LogP contribution in [-0.2, 0) is 4.79 Å². The first-order valence-corrected chi connectivity index (χ1v) is 5.07. The molecule has 1 aromatic heterocycles. The lowest BCUT2D eigenvalue weighted by molar-refractivity contribution is -0.117. The Morgan fingerprint density at radius 2 is 2.25 bits per heavy atom. The van der Waals surface area contributed by atoms with E-state index in [9.17, 15) is 4.79 Å². The molecule has 0 aliphatic heterocycles. The normalized spacial score (nSPS) is 12.4. The maximum absolute atomic E-state index is 11.5. The van der Waals surface area contributed by atoms with Crippen molar-refractivity contribution in [2.24, 2.45) is 5.73 Å². The molecule has 0 aliphatic rings. The molecule has 1 amide bonds. The zero-order valence-electron chi connectivity index (χ0n) is 8.97. The molecule has 0 unspecified atom stereocenters. The van der Waals surface area contributed by atoms with Crippen molar-refractivity contribution in [1.82, 2.24) is 4.98 Å². The molecule has 1 heterocycles. The summed E-state index contributed by atoms with van der Waals surface area (Å²) in [6.07, 6.45) is 3.46. The molecule has 1 aromatic carbocycles. The highest BCUT2D eigenvalue weighted by atomic mass is 16.2. The van der Waals surface area contributed by atoms with Gasteiger partial charge in [0.2, 0.25) is 5.91 Å². The molecule has 2 rings (SSSR count). The van der Waals surface area contributed by atoms with Gasteiger partial charge in [-0.05, 0) is 19.1 Å². The van der Waals surface area contributed by atoms with Gasteiger partial charge < -0.3 is 11.1 Å². The first-order chi connectivity index (χ1) is 7.68. The second-order valence-corrected chi connectivity index (χ2v) is 3.68. The van der Waals surface area contributed by atoms with E-state index >= 15 is 0 Å². The SMILES string of the molecule is C[C@H](N)C(=O)Nc1cccc2cnccc12. The Morgan fingerprint density at radius 1 is 1.44 bits per heavy atom. The van der Waals surface area contributed by atoms with Crippen molar-refractivity contribution >= 4 is 22.4 Å². The number of fused-ring (bicyclic) bond motifs is 1. The monoisotopic (exact) mass is 215 g/mol. The summed E-state index contributed by atoms with van der Waals surface area (Å²) in [6, 6.07) is 7.02. The molecular formula is C12H13N3O. The van der Waals surface area contributed by atoms with E-state index < -0.39 is 6.04 Å². The van der Waals surface area contributed by atoms with Gasteiger partial charge >= 0.3 is 0 Å². The molecule has 82 valence electrons. The van der Waals surface area contributed by atoms with E-state index in [1.54, 1.807) is 19.3 Å². The van der Waals surface area contributed by atoms with Crippen LogP contribution in [-0.4, -0.2) is 16.9 Å². The van der Waals surface area contributed by atoms with Crippen LogP contribution >= 0.6 is 0 Å². The lowest BCUT2D eigenvalue weighted by atomic mass is 10.1. The molecule has 0 saturated heterocycles. The Morgan fingerprint density at radius 3 is 3.00 bits per heavy atom. The summed E-state index contributed by atoms with van der Waals surface area (Å²) >= 11 is 0. The van der Waals surface area contributed by atoms with Crippen LogP contribution in [0.15, 0.2) is 36.7 Å². The fraction of sp³-hybridized carbons (Fsp3) is 0.167. The van der Waals surface area contributed by atoms with Gasteiger partial charge in [0.1, 0.15) is 0 Å². The van der Waals surface area contributed by atoms with Gasteiger partial charge in [-0.15, -0.1) is 0 Å². The molecule has 0 spiro atoms. The van der Waals surface area contributed by atoms with Crippen molar-refractivity contribution in [1.29, 1.82) is 0 Å². The topological polar surface area (TPSA) is 68.0 Å². The number of pyridine rings is 1. The van der Waals surface area contributed by atoms with E-state index in [-0.39, 0.29) is 5.91 Å². The third-order valence-electron chi connectivity index (χ3n) is 2.35. The van der Waals surface area contributed by atoms with Crippen LogP contribution in [0.3, 0.4) is 0 Å². The van der Waals surface area contributed by atoms with Crippen LogP contribution < -0.4 is 11.1 Å². The predicted molar refractivity (Wildman–Crippen MR) is 64.0 cm³/mol. The van der Waals surface area contributed by atoms with Crippen LogP contribution in [0.1, 0.15) is 6.92 Å². The number of anilines is 1. The highest BCUT2D eigenvalue weighted by Gasteiger charge is 2.09. The molecule has 0 aliphatic carbocycles. The number of amides is 1. The summed E-state index contributed by atoms with van der Waals surface area (Å²) in [4.78, 5) is 15.5. The van der Waals surface area contributed by atoms with Crippen LogP contribution in [0.5, 0.6) is 0 Å². The Bertz CT molecular complexity index is 517. The average Bonchev–Trinajstić information content (AvgIpc) is 2.29. The third-order valence-corrected chi connectivity index (χ3v) is 2.35. The predicted octanol–water partition coefficient (Wildman–Crippen LogP) is 1.52. The summed E-state index contributed by atoms with van der Waals surface area (Å²) in [5.74, 6) is -0.190. The van der Waals surface area contributed by atoms with Gasteiger partial charge in [0.25, 0.3) is 0 Å². The Labute approximate surface area is 93.5 Å². The smallest absolute Gasteiger partial charge is 0.241 e. The number of hydrogen-bond acceptors (Lipinski definition) is 3. The maximum atomic E-state index is 11.5. The molecule has 4 heteroatoms. The number of aromatic nitrogens is 1. The average molecular weight is 215 g/mol. The van der Waals surface area contributed by atoms with Gasteiger partial charge in [0.15, 0.2) is 0 Å². The van der Waals surface area contributed by atoms with Gasteiger partial charge in [-0.1, -0.05) is 12.1 Å². The van der Waals surface area contributed by atoms with E-state index in [2.05, 4.69) is 10.3 Å². The molecule has 0 bridgehead atoms. The number of benzene rings is 1. The molecule has 1 atom stereocenters. The largest absolute Gasteiger partial charge is 0.324 e. The summed E-state index contributed by atoms with van der Waals surface area (Å²) in [5, 5.41) is 4.75. The van der Waals surface area contributed by atoms with Crippen molar-refractivity contribution in [3.05, 3.63) is 36.7 Å². The van der Waals surface area contributed by atoms with E-state index in [1.807, 2.05) is 24.3 Å². The fourth-order valence-corrected chi connectivity index (χ4v) is 1.48. The third kappa shape index (κ3) is 2.01. The first kappa shape index (κ1) is 10.6. The van der Waals surface area contributed by atoms with E-state index in [0.717, 1.165) is 16.5 Å². The summed E-state index contributed by atoms with van der Waals surface area (Å²) in [7, 11) is 0. The molecule has 2 aromatic rings. The summed E-state index contributed by atoms with van der Waals surface area (Å²) in [6.45, 7) is 1.65. The number of carbonyl (C=O) groups is 1. The quantitative estimate of drug-likeness (QED) is 0.798. The molecule has 0 fully saturated rings. The van der Waals surface area contributed by atoms with Crippen molar-refractivity contribution in [2.45, 2.75) is 13.0 Å². The van der Waals surface area contributed by atoms with Gasteiger partial charge in [-0.2, -0.15) is 0 Å². The Hall–Kier alpha value is -1.94. The second-order valence-electron chi connectivity index (χ2n) is 3.68. The lowest BCUT2D eigenvalue weighted by Crippen LogP contribution is -2.32. The second kappa shape index (κ2) is 4.28. The standard InChI is InChI=1S/C12H13N3O/c1-8(13)12(16)15-11-4-2-3-9-7-14-6-5-10(9)11/h2-8H,13H2,1H3,(H,15,16)/t8-/m0/s1. The Balaban J connectivity index is 2.41. The number of nitrogens with zero attached hydrogens (tertiary/aromatic N) is 1.